The molecule has 0 saturated heterocycles. The minimum absolute atomic E-state index is 0.738. The fourth-order valence-corrected chi connectivity index (χ4v) is 2.54. The van der Waals surface area contributed by atoms with E-state index in [-0.39, 0.29) is 0 Å². The number of pyridine rings is 1. The zero-order valence-corrected chi connectivity index (χ0v) is 12.2. The number of aryl methyl sites for hydroxylation is 2. The summed E-state index contributed by atoms with van der Waals surface area (Å²) >= 11 is 5.91. The minimum Gasteiger partial charge on any atom is -0.355 e. The maximum atomic E-state index is 5.91. The van der Waals surface area contributed by atoms with Crippen LogP contribution in [-0.4, -0.2) is 4.98 Å². The van der Waals surface area contributed by atoms with Crippen molar-refractivity contribution in [2.24, 2.45) is 0 Å². The molecule has 20 heavy (non-hydrogen) atoms. The lowest BCUT2D eigenvalue weighted by atomic mass is 10.1. The highest BCUT2D eigenvalue weighted by molar-refractivity contribution is 6.30. The Balaban J connectivity index is 2.09. The van der Waals surface area contributed by atoms with Crippen LogP contribution in [0.25, 0.3) is 10.9 Å². The first-order valence-electron chi connectivity index (χ1n) is 6.52. The Morgan fingerprint density at radius 2 is 1.75 bits per heavy atom. The molecule has 0 radical (unpaired) electrons. The van der Waals surface area contributed by atoms with E-state index in [1.165, 1.54) is 11.1 Å². The SMILES string of the molecule is Cc1cc(C)c2nccc(Nc3ccc(Cl)cc3)c2c1. The van der Waals surface area contributed by atoms with Crippen molar-refractivity contribution in [2.75, 3.05) is 5.32 Å². The first kappa shape index (κ1) is 12.9. The van der Waals surface area contributed by atoms with Crippen LogP contribution in [0.1, 0.15) is 11.1 Å². The van der Waals surface area contributed by atoms with Crippen LogP contribution in [0, 0.1) is 13.8 Å². The molecule has 0 amide bonds. The highest BCUT2D eigenvalue weighted by Crippen LogP contribution is 2.28. The number of hydrogen-bond acceptors (Lipinski definition) is 2. The number of hydrogen-bond donors (Lipinski definition) is 1. The number of anilines is 2. The van der Waals surface area contributed by atoms with E-state index in [0.717, 1.165) is 27.3 Å². The topological polar surface area (TPSA) is 24.9 Å². The fourth-order valence-electron chi connectivity index (χ4n) is 2.41. The molecule has 1 N–H and O–H groups in total. The Hall–Kier alpha value is -2.06. The molecular weight excluding hydrogens is 268 g/mol. The molecule has 0 aliphatic carbocycles. The highest BCUT2D eigenvalue weighted by atomic mass is 35.5. The first-order chi connectivity index (χ1) is 9.63. The van der Waals surface area contributed by atoms with Crippen molar-refractivity contribution in [3.8, 4) is 0 Å². The molecule has 1 heterocycles. The van der Waals surface area contributed by atoms with Gasteiger partial charge in [-0.2, -0.15) is 0 Å². The Morgan fingerprint density at radius 3 is 2.50 bits per heavy atom. The van der Waals surface area contributed by atoms with Gasteiger partial charge in [0, 0.05) is 28.0 Å². The third kappa shape index (κ3) is 2.47. The van der Waals surface area contributed by atoms with Crippen LogP contribution in [0.5, 0.6) is 0 Å². The number of benzene rings is 2. The summed E-state index contributed by atoms with van der Waals surface area (Å²) < 4.78 is 0. The van der Waals surface area contributed by atoms with Gasteiger partial charge in [0.15, 0.2) is 0 Å². The van der Waals surface area contributed by atoms with Gasteiger partial charge in [0.2, 0.25) is 0 Å². The molecule has 100 valence electrons. The molecule has 0 spiro atoms. The molecule has 3 rings (SSSR count). The number of aromatic nitrogens is 1. The third-order valence-corrected chi connectivity index (χ3v) is 3.56. The van der Waals surface area contributed by atoms with Crippen molar-refractivity contribution in [3.63, 3.8) is 0 Å². The van der Waals surface area contributed by atoms with Gasteiger partial charge in [0.05, 0.1) is 5.52 Å². The predicted octanol–water partition coefficient (Wildman–Crippen LogP) is 5.25. The summed E-state index contributed by atoms with van der Waals surface area (Å²) in [4.78, 5) is 4.48. The van der Waals surface area contributed by atoms with Crippen molar-refractivity contribution in [1.82, 2.24) is 4.98 Å². The summed E-state index contributed by atoms with van der Waals surface area (Å²) in [6.07, 6.45) is 1.84. The largest absolute Gasteiger partial charge is 0.355 e. The van der Waals surface area contributed by atoms with Crippen LogP contribution in [0.3, 0.4) is 0 Å². The summed E-state index contributed by atoms with van der Waals surface area (Å²) in [5.74, 6) is 0. The minimum atomic E-state index is 0.738. The van der Waals surface area contributed by atoms with E-state index in [2.05, 4.69) is 36.3 Å². The summed E-state index contributed by atoms with van der Waals surface area (Å²) in [7, 11) is 0. The molecule has 3 aromatic rings. The third-order valence-electron chi connectivity index (χ3n) is 3.30. The average molecular weight is 283 g/mol. The molecule has 2 nitrogen and oxygen atoms in total. The Labute approximate surface area is 123 Å². The van der Waals surface area contributed by atoms with Crippen LogP contribution in [0.4, 0.5) is 11.4 Å². The standard InChI is InChI=1S/C17H15ClN2/c1-11-9-12(2)17-15(10-11)16(7-8-19-17)20-14-5-3-13(18)4-6-14/h3-10H,1-2H3,(H,19,20). The predicted molar refractivity (Wildman–Crippen MR) is 86.0 cm³/mol. The number of nitrogens with one attached hydrogen (secondary N) is 1. The Morgan fingerprint density at radius 1 is 1.00 bits per heavy atom. The van der Waals surface area contributed by atoms with E-state index in [1.54, 1.807) is 0 Å². The van der Waals surface area contributed by atoms with Crippen molar-refractivity contribution < 1.29 is 0 Å². The van der Waals surface area contributed by atoms with Crippen molar-refractivity contribution in [3.05, 3.63) is 64.8 Å². The van der Waals surface area contributed by atoms with E-state index in [4.69, 9.17) is 11.6 Å². The van der Waals surface area contributed by atoms with Crippen molar-refractivity contribution >= 4 is 33.9 Å². The molecule has 0 aliphatic heterocycles. The van der Waals surface area contributed by atoms with Gasteiger partial charge < -0.3 is 5.32 Å². The summed E-state index contributed by atoms with van der Waals surface area (Å²) in [5.41, 5.74) is 5.54. The quantitative estimate of drug-likeness (QED) is 0.694. The van der Waals surface area contributed by atoms with Crippen LogP contribution >= 0.6 is 11.6 Å². The lowest BCUT2D eigenvalue weighted by molar-refractivity contribution is 1.34. The van der Waals surface area contributed by atoms with Gasteiger partial charge >= 0.3 is 0 Å². The lowest BCUT2D eigenvalue weighted by Gasteiger charge is -2.11. The second kappa shape index (κ2) is 5.14. The maximum absolute atomic E-state index is 5.91. The Bertz CT molecular complexity index is 764. The van der Waals surface area contributed by atoms with Gasteiger partial charge in [-0.05, 0) is 55.8 Å². The van der Waals surface area contributed by atoms with Crippen molar-refractivity contribution in [1.29, 1.82) is 0 Å². The number of fused-ring (bicyclic) bond motifs is 1. The smallest absolute Gasteiger partial charge is 0.0752 e. The van der Waals surface area contributed by atoms with E-state index in [9.17, 15) is 0 Å². The van der Waals surface area contributed by atoms with Gasteiger partial charge in [0.25, 0.3) is 0 Å². The van der Waals surface area contributed by atoms with E-state index in [1.807, 2.05) is 36.5 Å². The second-order valence-electron chi connectivity index (χ2n) is 4.97. The maximum Gasteiger partial charge on any atom is 0.0752 e. The average Bonchev–Trinajstić information content (AvgIpc) is 2.42. The van der Waals surface area contributed by atoms with Crippen LogP contribution in [0.2, 0.25) is 5.02 Å². The summed E-state index contributed by atoms with van der Waals surface area (Å²) in [6.45, 7) is 4.19. The molecule has 0 saturated carbocycles. The van der Waals surface area contributed by atoms with Gasteiger partial charge in [-0.25, -0.2) is 0 Å². The normalized spacial score (nSPS) is 10.8. The van der Waals surface area contributed by atoms with Gasteiger partial charge in [-0.1, -0.05) is 23.2 Å². The highest BCUT2D eigenvalue weighted by Gasteiger charge is 2.05. The van der Waals surface area contributed by atoms with Crippen LogP contribution in [-0.2, 0) is 0 Å². The molecule has 1 aromatic heterocycles. The molecule has 2 aromatic carbocycles. The van der Waals surface area contributed by atoms with E-state index >= 15 is 0 Å². The number of halogens is 1. The summed E-state index contributed by atoms with van der Waals surface area (Å²) in [5, 5.41) is 5.31. The second-order valence-corrected chi connectivity index (χ2v) is 5.40. The molecule has 0 atom stereocenters. The zero-order valence-electron chi connectivity index (χ0n) is 11.4. The van der Waals surface area contributed by atoms with Crippen LogP contribution < -0.4 is 5.32 Å². The first-order valence-corrected chi connectivity index (χ1v) is 6.90. The molecule has 0 fully saturated rings. The van der Waals surface area contributed by atoms with Gasteiger partial charge in [-0.15, -0.1) is 0 Å². The van der Waals surface area contributed by atoms with E-state index < -0.39 is 0 Å². The molecule has 0 unspecified atom stereocenters. The number of nitrogens with zero attached hydrogens (tertiary/aromatic N) is 1. The fraction of sp³-hybridized carbons (Fsp3) is 0.118. The van der Waals surface area contributed by atoms with Gasteiger partial charge in [-0.3, -0.25) is 4.98 Å². The lowest BCUT2D eigenvalue weighted by Crippen LogP contribution is -1.94. The van der Waals surface area contributed by atoms with Gasteiger partial charge in [0.1, 0.15) is 0 Å². The molecule has 0 bridgehead atoms. The Kier molecular flexibility index (Phi) is 3.33. The zero-order chi connectivity index (χ0) is 14.1. The van der Waals surface area contributed by atoms with Crippen molar-refractivity contribution in [2.45, 2.75) is 13.8 Å². The van der Waals surface area contributed by atoms with Crippen LogP contribution in [0.15, 0.2) is 48.7 Å². The summed E-state index contributed by atoms with van der Waals surface area (Å²) in [6, 6.07) is 14.0. The number of rotatable bonds is 2. The molecular formula is C17H15ClN2. The monoisotopic (exact) mass is 282 g/mol. The van der Waals surface area contributed by atoms with E-state index in [0.29, 0.717) is 0 Å². The molecule has 0 aliphatic rings. The molecule has 3 heteroatoms.